The largest absolute Gasteiger partial charge is 0.334 e. The summed E-state index contributed by atoms with van der Waals surface area (Å²) < 4.78 is 0. The van der Waals surface area contributed by atoms with E-state index in [1.54, 1.807) is 6.20 Å². The number of hydrogen-bond acceptors (Lipinski definition) is 3. The fraction of sp³-hybridized carbons (Fsp3) is 0.571. The Labute approximate surface area is 109 Å². The van der Waals surface area contributed by atoms with Gasteiger partial charge in [0.1, 0.15) is 0 Å². The minimum atomic E-state index is 0.177. The quantitative estimate of drug-likeness (QED) is 0.750. The van der Waals surface area contributed by atoms with Crippen molar-refractivity contribution in [3.05, 3.63) is 30.1 Å². The second-order valence-electron chi connectivity index (χ2n) is 4.54. The van der Waals surface area contributed by atoms with Gasteiger partial charge in [0, 0.05) is 25.2 Å². The molecule has 0 aliphatic rings. The topological polar surface area (TPSA) is 45.2 Å². The van der Waals surface area contributed by atoms with E-state index in [1.165, 1.54) is 0 Å². The van der Waals surface area contributed by atoms with E-state index in [0.717, 1.165) is 18.8 Å². The lowest BCUT2D eigenvalue weighted by Gasteiger charge is -2.26. The van der Waals surface area contributed by atoms with Gasteiger partial charge in [-0.25, -0.2) is 0 Å². The highest BCUT2D eigenvalue weighted by atomic mass is 16.2. The van der Waals surface area contributed by atoms with Crippen LogP contribution in [0.5, 0.6) is 0 Å². The fourth-order valence-corrected chi connectivity index (χ4v) is 1.74. The Morgan fingerprint density at radius 2 is 2.22 bits per heavy atom. The first-order valence-corrected chi connectivity index (χ1v) is 6.55. The maximum Gasteiger partial charge on any atom is 0.224 e. The van der Waals surface area contributed by atoms with Crippen LogP contribution < -0.4 is 5.32 Å². The molecule has 0 bridgehead atoms. The van der Waals surface area contributed by atoms with Gasteiger partial charge in [0.05, 0.1) is 12.2 Å². The molecule has 0 radical (unpaired) electrons. The van der Waals surface area contributed by atoms with Crippen molar-refractivity contribution in [2.45, 2.75) is 39.8 Å². The molecule has 1 heterocycles. The maximum absolute atomic E-state index is 12.1. The number of pyridine rings is 1. The van der Waals surface area contributed by atoms with Gasteiger partial charge >= 0.3 is 0 Å². The maximum atomic E-state index is 12.1. The van der Waals surface area contributed by atoms with Crippen LogP contribution in [-0.2, 0) is 11.3 Å². The smallest absolute Gasteiger partial charge is 0.224 e. The van der Waals surface area contributed by atoms with E-state index < -0.39 is 0 Å². The van der Waals surface area contributed by atoms with Crippen molar-refractivity contribution >= 4 is 5.91 Å². The monoisotopic (exact) mass is 249 g/mol. The van der Waals surface area contributed by atoms with Crippen molar-refractivity contribution in [3.8, 4) is 0 Å². The summed E-state index contributed by atoms with van der Waals surface area (Å²) in [5.74, 6) is 0.177. The Balaban J connectivity index is 2.57. The highest BCUT2D eigenvalue weighted by molar-refractivity contribution is 5.76. The number of rotatable bonds is 7. The second kappa shape index (κ2) is 7.82. The molecule has 1 aromatic heterocycles. The first-order valence-electron chi connectivity index (χ1n) is 6.55. The van der Waals surface area contributed by atoms with Crippen LogP contribution in [0.4, 0.5) is 0 Å². The second-order valence-corrected chi connectivity index (χ2v) is 4.54. The third kappa shape index (κ3) is 4.84. The summed E-state index contributed by atoms with van der Waals surface area (Å²) in [5, 5.41) is 3.17. The van der Waals surface area contributed by atoms with E-state index in [9.17, 15) is 4.79 Å². The molecule has 0 saturated carbocycles. The highest BCUT2D eigenvalue weighted by Crippen LogP contribution is 2.07. The first kappa shape index (κ1) is 14.6. The average Bonchev–Trinajstić information content (AvgIpc) is 2.37. The van der Waals surface area contributed by atoms with Gasteiger partial charge in [-0.05, 0) is 32.5 Å². The molecule has 0 aliphatic heterocycles. The third-order valence-corrected chi connectivity index (χ3v) is 2.77. The molecule has 1 N–H and O–H groups in total. The summed E-state index contributed by atoms with van der Waals surface area (Å²) in [5.41, 5.74) is 0.933. The molecule has 0 aliphatic carbocycles. The Morgan fingerprint density at radius 3 is 2.78 bits per heavy atom. The molecule has 0 saturated heterocycles. The van der Waals surface area contributed by atoms with Gasteiger partial charge in [-0.2, -0.15) is 0 Å². The Hall–Kier alpha value is -1.42. The van der Waals surface area contributed by atoms with Crippen LogP contribution in [0.2, 0.25) is 0 Å². The fourth-order valence-electron chi connectivity index (χ4n) is 1.74. The standard InChI is InChI=1S/C14H23N3O/c1-4-15-10-8-14(18)17(12(2)3)11-13-7-5-6-9-16-13/h5-7,9,12,15H,4,8,10-11H2,1-3H3. The van der Waals surface area contributed by atoms with Gasteiger partial charge in [-0.1, -0.05) is 13.0 Å². The van der Waals surface area contributed by atoms with E-state index in [-0.39, 0.29) is 11.9 Å². The van der Waals surface area contributed by atoms with Crippen LogP contribution >= 0.6 is 0 Å². The molecule has 0 aromatic carbocycles. The van der Waals surface area contributed by atoms with Crippen molar-refractivity contribution in [2.24, 2.45) is 0 Å². The van der Waals surface area contributed by atoms with Crippen LogP contribution in [0, 0.1) is 0 Å². The van der Waals surface area contributed by atoms with Crippen molar-refractivity contribution in [3.63, 3.8) is 0 Å². The third-order valence-electron chi connectivity index (χ3n) is 2.77. The van der Waals surface area contributed by atoms with Gasteiger partial charge < -0.3 is 10.2 Å². The van der Waals surface area contributed by atoms with Gasteiger partial charge in [0.15, 0.2) is 0 Å². The van der Waals surface area contributed by atoms with E-state index >= 15 is 0 Å². The van der Waals surface area contributed by atoms with E-state index in [1.807, 2.05) is 43.9 Å². The lowest BCUT2D eigenvalue weighted by molar-refractivity contribution is -0.133. The molecule has 100 valence electrons. The predicted octanol–water partition coefficient (Wildman–Crippen LogP) is 1.82. The summed E-state index contributed by atoms with van der Waals surface area (Å²) in [7, 11) is 0. The zero-order valence-electron chi connectivity index (χ0n) is 11.5. The Bertz CT molecular complexity index is 351. The summed E-state index contributed by atoms with van der Waals surface area (Å²) >= 11 is 0. The van der Waals surface area contributed by atoms with Crippen molar-refractivity contribution < 1.29 is 4.79 Å². The van der Waals surface area contributed by atoms with Crippen LogP contribution in [0.25, 0.3) is 0 Å². The Morgan fingerprint density at radius 1 is 1.44 bits per heavy atom. The molecule has 1 amide bonds. The van der Waals surface area contributed by atoms with Gasteiger partial charge in [0.2, 0.25) is 5.91 Å². The number of aromatic nitrogens is 1. The Kier molecular flexibility index (Phi) is 6.36. The normalized spacial score (nSPS) is 10.7. The molecule has 0 atom stereocenters. The molecule has 4 heteroatoms. The number of hydrogen-bond donors (Lipinski definition) is 1. The predicted molar refractivity (Wildman–Crippen MR) is 73.1 cm³/mol. The van der Waals surface area contributed by atoms with Crippen LogP contribution in [-0.4, -0.2) is 34.9 Å². The molecule has 4 nitrogen and oxygen atoms in total. The van der Waals surface area contributed by atoms with E-state index in [0.29, 0.717) is 13.0 Å². The van der Waals surface area contributed by atoms with E-state index in [4.69, 9.17) is 0 Å². The molecule has 18 heavy (non-hydrogen) atoms. The number of carbonyl (C=O) groups excluding carboxylic acids is 1. The molecule has 0 fully saturated rings. The van der Waals surface area contributed by atoms with Crippen molar-refractivity contribution in [1.29, 1.82) is 0 Å². The molecular weight excluding hydrogens is 226 g/mol. The summed E-state index contributed by atoms with van der Waals surface area (Å²) in [6.45, 7) is 8.33. The van der Waals surface area contributed by atoms with Gasteiger partial charge in [-0.15, -0.1) is 0 Å². The van der Waals surface area contributed by atoms with Crippen LogP contribution in [0.1, 0.15) is 32.9 Å². The lowest BCUT2D eigenvalue weighted by atomic mass is 10.2. The van der Waals surface area contributed by atoms with E-state index in [2.05, 4.69) is 10.3 Å². The minimum absolute atomic E-state index is 0.177. The van der Waals surface area contributed by atoms with Crippen molar-refractivity contribution in [2.75, 3.05) is 13.1 Å². The molecule has 1 rings (SSSR count). The van der Waals surface area contributed by atoms with Gasteiger partial charge in [0.25, 0.3) is 0 Å². The van der Waals surface area contributed by atoms with Crippen molar-refractivity contribution in [1.82, 2.24) is 15.2 Å². The minimum Gasteiger partial charge on any atom is -0.334 e. The SMILES string of the molecule is CCNCCC(=O)N(Cc1ccccn1)C(C)C. The summed E-state index contributed by atoms with van der Waals surface area (Å²) in [6.07, 6.45) is 2.30. The molecule has 0 spiro atoms. The first-order chi connectivity index (χ1) is 8.65. The van der Waals surface area contributed by atoms with Crippen LogP contribution in [0.3, 0.4) is 0 Å². The average molecular weight is 249 g/mol. The molecule has 1 aromatic rings. The number of carbonyl (C=O) groups is 1. The number of nitrogens with zero attached hydrogens (tertiary/aromatic N) is 2. The van der Waals surface area contributed by atoms with Gasteiger partial charge in [-0.3, -0.25) is 9.78 Å². The summed E-state index contributed by atoms with van der Waals surface area (Å²) in [6, 6.07) is 5.98. The number of amides is 1. The zero-order valence-corrected chi connectivity index (χ0v) is 11.5. The highest BCUT2D eigenvalue weighted by Gasteiger charge is 2.16. The lowest BCUT2D eigenvalue weighted by Crippen LogP contribution is -2.38. The zero-order chi connectivity index (χ0) is 13.4. The van der Waals surface area contributed by atoms with Crippen LogP contribution in [0.15, 0.2) is 24.4 Å². The molecule has 0 unspecified atom stereocenters. The number of nitrogens with one attached hydrogen (secondary N) is 1. The molecular formula is C14H23N3O. The summed E-state index contributed by atoms with van der Waals surface area (Å²) in [4.78, 5) is 18.3.